The Hall–Kier alpha value is -2.26. The molecule has 2 aliphatic heterocycles. The standard InChI is InChI=1S/C20H24ClF2N5O2/c1-11-7-17(29)28(8-11)9-14-18-12(5-6-24-14)13(21)3-4-16(18)30-10-15-19(20(22)23)27(2)26-25-15/h3-4,11,14,20,24H,5-10H2,1-2H3/t11-,14-/m1/s1. The predicted octanol–water partition coefficient (Wildman–Crippen LogP) is 3.04. The molecule has 1 aromatic heterocycles. The van der Waals surface area contributed by atoms with Crippen molar-refractivity contribution < 1.29 is 18.3 Å². The van der Waals surface area contributed by atoms with Crippen LogP contribution in [0.5, 0.6) is 5.75 Å². The Kier molecular flexibility index (Phi) is 5.92. The van der Waals surface area contributed by atoms with E-state index in [-0.39, 0.29) is 29.9 Å². The molecular formula is C20H24ClF2N5O2. The first-order chi connectivity index (χ1) is 14.3. The number of amides is 1. The van der Waals surface area contributed by atoms with Gasteiger partial charge in [0.2, 0.25) is 5.91 Å². The molecule has 4 rings (SSSR count). The zero-order chi connectivity index (χ0) is 21.4. The molecule has 2 aliphatic rings. The number of carbonyl (C=O) groups excluding carboxylic acids is 1. The minimum Gasteiger partial charge on any atom is -0.487 e. The van der Waals surface area contributed by atoms with Crippen molar-refractivity contribution in [3.8, 4) is 5.75 Å². The molecule has 7 nitrogen and oxygen atoms in total. The number of hydrogen-bond donors (Lipinski definition) is 1. The minimum atomic E-state index is -2.69. The summed E-state index contributed by atoms with van der Waals surface area (Å²) in [6.07, 6.45) is -1.42. The van der Waals surface area contributed by atoms with Crippen LogP contribution < -0.4 is 10.1 Å². The van der Waals surface area contributed by atoms with Gasteiger partial charge >= 0.3 is 0 Å². The summed E-state index contributed by atoms with van der Waals surface area (Å²) < 4.78 is 33.6. The van der Waals surface area contributed by atoms with Gasteiger partial charge in [-0.3, -0.25) is 4.79 Å². The highest BCUT2D eigenvalue weighted by atomic mass is 35.5. The van der Waals surface area contributed by atoms with Gasteiger partial charge in [0.15, 0.2) is 0 Å². The molecule has 10 heteroatoms. The van der Waals surface area contributed by atoms with Gasteiger partial charge in [-0.2, -0.15) is 0 Å². The monoisotopic (exact) mass is 439 g/mol. The fraction of sp³-hybridized carbons (Fsp3) is 0.550. The first kappa shape index (κ1) is 21.0. The fourth-order valence-corrected chi connectivity index (χ4v) is 4.56. The van der Waals surface area contributed by atoms with Crippen molar-refractivity contribution in [3.05, 3.63) is 39.7 Å². The van der Waals surface area contributed by atoms with Gasteiger partial charge in [-0.05, 0) is 36.6 Å². The number of hydrogen-bond acceptors (Lipinski definition) is 5. The predicted molar refractivity (Wildman–Crippen MR) is 107 cm³/mol. The van der Waals surface area contributed by atoms with Crippen molar-refractivity contribution in [1.82, 2.24) is 25.2 Å². The number of fused-ring (bicyclic) bond motifs is 1. The Bertz CT molecular complexity index is 952. The molecule has 2 atom stereocenters. The second kappa shape index (κ2) is 8.47. The highest BCUT2D eigenvalue weighted by Gasteiger charge is 2.33. The third-order valence-electron chi connectivity index (χ3n) is 5.70. The second-order valence-corrected chi connectivity index (χ2v) is 8.34. The van der Waals surface area contributed by atoms with Gasteiger partial charge in [-0.15, -0.1) is 5.10 Å². The summed E-state index contributed by atoms with van der Waals surface area (Å²) >= 11 is 6.45. The lowest BCUT2D eigenvalue weighted by atomic mass is 9.92. The average Bonchev–Trinajstić information content (AvgIpc) is 3.22. The van der Waals surface area contributed by atoms with Crippen molar-refractivity contribution in [2.24, 2.45) is 13.0 Å². The fourth-order valence-electron chi connectivity index (χ4n) is 4.30. The Labute approximate surface area is 178 Å². The number of ether oxygens (including phenoxy) is 1. The number of aryl methyl sites for hydroxylation is 1. The van der Waals surface area contributed by atoms with Crippen molar-refractivity contribution >= 4 is 17.5 Å². The first-order valence-electron chi connectivity index (χ1n) is 9.97. The SMILES string of the molecule is C[C@@H]1CC(=O)N(C[C@H]2NCCc3c(Cl)ccc(OCc4nnn(C)c4C(F)F)c32)C1. The van der Waals surface area contributed by atoms with Crippen LogP contribution in [0.1, 0.15) is 48.3 Å². The van der Waals surface area contributed by atoms with E-state index in [2.05, 4.69) is 22.6 Å². The number of nitrogens with zero attached hydrogens (tertiary/aromatic N) is 4. The van der Waals surface area contributed by atoms with Crippen molar-refractivity contribution in [2.75, 3.05) is 19.6 Å². The highest BCUT2D eigenvalue weighted by molar-refractivity contribution is 6.31. The molecule has 0 saturated carbocycles. The number of carbonyl (C=O) groups is 1. The van der Waals surface area contributed by atoms with E-state index in [1.807, 2.05) is 4.90 Å². The van der Waals surface area contributed by atoms with Crippen molar-refractivity contribution in [3.63, 3.8) is 0 Å². The van der Waals surface area contributed by atoms with Gasteiger partial charge < -0.3 is 15.0 Å². The Balaban J connectivity index is 1.60. The van der Waals surface area contributed by atoms with E-state index >= 15 is 0 Å². The van der Waals surface area contributed by atoms with Gasteiger partial charge in [0.25, 0.3) is 6.43 Å². The van der Waals surface area contributed by atoms with Gasteiger partial charge in [0.05, 0.1) is 6.04 Å². The number of alkyl halides is 2. The normalized spacial score (nSPS) is 21.4. The zero-order valence-electron chi connectivity index (χ0n) is 16.9. The maximum Gasteiger partial charge on any atom is 0.282 e. The van der Waals surface area contributed by atoms with Crippen molar-refractivity contribution in [2.45, 2.75) is 38.8 Å². The molecule has 1 N–H and O–H groups in total. The largest absolute Gasteiger partial charge is 0.487 e. The van der Waals surface area contributed by atoms with Crippen LogP contribution in [0.3, 0.4) is 0 Å². The second-order valence-electron chi connectivity index (χ2n) is 7.94. The van der Waals surface area contributed by atoms with Crippen LogP contribution in [0.2, 0.25) is 5.02 Å². The summed E-state index contributed by atoms with van der Waals surface area (Å²) in [5.41, 5.74) is 1.68. The summed E-state index contributed by atoms with van der Waals surface area (Å²) in [4.78, 5) is 14.1. The highest BCUT2D eigenvalue weighted by Crippen LogP contribution is 2.38. The minimum absolute atomic E-state index is 0.0973. The van der Waals surface area contributed by atoms with E-state index in [0.29, 0.717) is 29.7 Å². The van der Waals surface area contributed by atoms with E-state index in [1.165, 1.54) is 7.05 Å². The summed E-state index contributed by atoms with van der Waals surface area (Å²) in [7, 11) is 1.43. The van der Waals surface area contributed by atoms with Crippen LogP contribution in [0, 0.1) is 5.92 Å². The smallest absolute Gasteiger partial charge is 0.282 e. The number of aromatic nitrogens is 3. The Morgan fingerprint density at radius 2 is 2.20 bits per heavy atom. The number of rotatable bonds is 6. The molecule has 1 fully saturated rings. The third-order valence-corrected chi connectivity index (χ3v) is 6.05. The molecule has 1 saturated heterocycles. The average molecular weight is 440 g/mol. The van der Waals surface area contributed by atoms with E-state index in [4.69, 9.17) is 16.3 Å². The lowest BCUT2D eigenvalue weighted by Gasteiger charge is -2.32. The van der Waals surface area contributed by atoms with Crippen LogP contribution in [0.4, 0.5) is 8.78 Å². The van der Waals surface area contributed by atoms with E-state index in [0.717, 1.165) is 35.3 Å². The molecular weight excluding hydrogens is 416 g/mol. The molecule has 1 aromatic carbocycles. The first-order valence-corrected chi connectivity index (χ1v) is 10.3. The number of likely N-dealkylation sites (tertiary alicyclic amines) is 1. The molecule has 3 heterocycles. The molecule has 0 radical (unpaired) electrons. The molecule has 2 aromatic rings. The number of nitrogens with one attached hydrogen (secondary N) is 1. The molecule has 0 bridgehead atoms. The van der Waals surface area contributed by atoms with Crippen LogP contribution >= 0.6 is 11.6 Å². The summed E-state index contributed by atoms with van der Waals surface area (Å²) in [6.45, 7) is 3.90. The third kappa shape index (κ3) is 4.00. The van der Waals surface area contributed by atoms with E-state index in [1.54, 1.807) is 12.1 Å². The van der Waals surface area contributed by atoms with Crippen LogP contribution in [-0.2, 0) is 24.9 Å². The van der Waals surface area contributed by atoms with Crippen LogP contribution in [0.15, 0.2) is 12.1 Å². The molecule has 0 spiro atoms. The molecule has 30 heavy (non-hydrogen) atoms. The zero-order valence-corrected chi connectivity index (χ0v) is 17.6. The number of halogens is 3. The lowest BCUT2D eigenvalue weighted by Crippen LogP contribution is -2.40. The molecule has 0 aliphatic carbocycles. The van der Waals surface area contributed by atoms with Gasteiger partial charge in [0, 0.05) is 37.1 Å². The maximum absolute atomic E-state index is 13.3. The topological polar surface area (TPSA) is 72.3 Å². The quantitative estimate of drug-likeness (QED) is 0.749. The summed E-state index contributed by atoms with van der Waals surface area (Å²) in [5.74, 6) is 1.03. The van der Waals surface area contributed by atoms with Gasteiger partial charge in [0.1, 0.15) is 23.7 Å². The van der Waals surface area contributed by atoms with Crippen LogP contribution in [0.25, 0.3) is 0 Å². The summed E-state index contributed by atoms with van der Waals surface area (Å²) in [5, 5.41) is 11.6. The maximum atomic E-state index is 13.3. The van der Waals surface area contributed by atoms with Gasteiger partial charge in [-0.1, -0.05) is 23.7 Å². The lowest BCUT2D eigenvalue weighted by molar-refractivity contribution is -0.128. The number of benzene rings is 1. The molecule has 0 unspecified atom stereocenters. The van der Waals surface area contributed by atoms with E-state index < -0.39 is 6.43 Å². The van der Waals surface area contributed by atoms with Crippen LogP contribution in [-0.4, -0.2) is 45.4 Å². The molecule has 162 valence electrons. The molecule has 1 amide bonds. The van der Waals surface area contributed by atoms with E-state index in [9.17, 15) is 13.6 Å². The van der Waals surface area contributed by atoms with Gasteiger partial charge in [-0.25, -0.2) is 13.5 Å². The Morgan fingerprint density at radius 1 is 1.40 bits per heavy atom. The van der Waals surface area contributed by atoms with Crippen molar-refractivity contribution in [1.29, 1.82) is 0 Å². The summed E-state index contributed by atoms with van der Waals surface area (Å²) in [6, 6.07) is 3.35. The Morgan fingerprint density at radius 3 is 2.90 bits per heavy atom.